The van der Waals surface area contributed by atoms with Gasteiger partial charge in [0.05, 0.1) is 6.10 Å². The summed E-state index contributed by atoms with van der Waals surface area (Å²) in [7, 11) is 0. The third kappa shape index (κ3) is 1.53. The molecule has 2 rings (SSSR count). The van der Waals surface area contributed by atoms with Crippen LogP contribution in [0.4, 0.5) is 0 Å². The molecule has 0 aliphatic heterocycles. The number of rotatable bonds is 1. The first-order chi connectivity index (χ1) is 6.74. The second kappa shape index (κ2) is 3.87. The summed E-state index contributed by atoms with van der Waals surface area (Å²) in [6.07, 6.45) is 7.99. The fourth-order valence-electron chi connectivity index (χ4n) is 2.68. The highest BCUT2D eigenvalue weighted by molar-refractivity contribution is 5.30. The Kier molecular flexibility index (Phi) is 2.75. The lowest BCUT2D eigenvalue weighted by atomic mass is 9.69. The average molecular weight is 194 g/mol. The van der Waals surface area contributed by atoms with Crippen LogP contribution in [0.1, 0.15) is 19.8 Å². The molecule has 2 aliphatic carbocycles. The van der Waals surface area contributed by atoms with E-state index in [9.17, 15) is 10.2 Å². The monoisotopic (exact) mass is 194 g/mol. The lowest BCUT2D eigenvalue weighted by Crippen LogP contribution is -2.38. The van der Waals surface area contributed by atoms with Crippen LogP contribution >= 0.6 is 0 Å². The van der Waals surface area contributed by atoms with Crippen LogP contribution < -0.4 is 0 Å². The molecular weight excluding hydrogens is 176 g/mol. The minimum absolute atomic E-state index is 0.161. The summed E-state index contributed by atoms with van der Waals surface area (Å²) in [5.74, 6) is 0.727. The number of allylic oxidation sites excluding steroid dienone is 3. The second-order valence-electron chi connectivity index (χ2n) is 4.44. The van der Waals surface area contributed by atoms with Gasteiger partial charge in [0.1, 0.15) is 0 Å². The molecule has 0 radical (unpaired) electrons. The molecule has 4 atom stereocenters. The van der Waals surface area contributed by atoms with E-state index in [-0.39, 0.29) is 24.5 Å². The highest BCUT2D eigenvalue weighted by atomic mass is 16.3. The van der Waals surface area contributed by atoms with Crippen molar-refractivity contribution in [3.8, 4) is 0 Å². The van der Waals surface area contributed by atoms with Crippen molar-refractivity contribution in [2.45, 2.75) is 25.9 Å². The van der Waals surface area contributed by atoms with Gasteiger partial charge < -0.3 is 10.2 Å². The summed E-state index contributed by atoms with van der Waals surface area (Å²) < 4.78 is 0. The molecule has 0 saturated carbocycles. The Morgan fingerprint density at radius 1 is 1.50 bits per heavy atom. The molecule has 0 aromatic rings. The van der Waals surface area contributed by atoms with E-state index in [1.807, 2.05) is 0 Å². The molecule has 0 aromatic carbocycles. The van der Waals surface area contributed by atoms with Crippen molar-refractivity contribution in [1.82, 2.24) is 0 Å². The Morgan fingerprint density at radius 2 is 2.29 bits per heavy atom. The van der Waals surface area contributed by atoms with Crippen molar-refractivity contribution in [3.05, 3.63) is 23.8 Å². The predicted molar refractivity (Wildman–Crippen MR) is 55.7 cm³/mol. The van der Waals surface area contributed by atoms with Gasteiger partial charge in [0.25, 0.3) is 0 Å². The van der Waals surface area contributed by atoms with Crippen LogP contribution in [-0.4, -0.2) is 22.9 Å². The predicted octanol–water partition coefficient (Wildman–Crippen LogP) is 1.50. The van der Waals surface area contributed by atoms with Gasteiger partial charge in [-0.15, -0.1) is 0 Å². The van der Waals surface area contributed by atoms with Crippen molar-refractivity contribution in [1.29, 1.82) is 0 Å². The maximum absolute atomic E-state index is 9.94. The van der Waals surface area contributed by atoms with Gasteiger partial charge in [-0.1, -0.05) is 25.2 Å². The lowest BCUT2D eigenvalue weighted by molar-refractivity contribution is 0.0415. The van der Waals surface area contributed by atoms with Gasteiger partial charge in [0, 0.05) is 12.5 Å². The third-order valence-electron chi connectivity index (χ3n) is 3.58. The highest BCUT2D eigenvalue weighted by Crippen LogP contribution is 2.39. The fraction of sp³-hybridized carbons (Fsp3) is 0.667. The normalized spacial score (nSPS) is 41.8. The van der Waals surface area contributed by atoms with Crippen LogP contribution in [0.3, 0.4) is 0 Å². The number of aliphatic hydroxyl groups is 2. The maximum Gasteiger partial charge on any atom is 0.0615 e. The van der Waals surface area contributed by atoms with Gasteiger partial charge in [-0.25, -0.2) is 0 Å². The first kappa shape index (κ1) is 9.94. The molecule has 0 saturated heterocycles. The largest absolute Gasteiger partial charge is 0.396 e. The maximum atomic E-state index is 9.94. The van der Waals surface area contributed by atoms with Gasteiger partial charge in [-0.3, -0.25) is 0 Å². The van der Waals surface area contributed by atoms with Crippen LogP contribution in [0.15, 0.2) is 23.8 Å². The quantitative estimate of drug-likeness (QED) is 0.664. The summed E-state index contributed by atoms with van der Waals surface area (Å²) in [6.45, 7) is 2.28. The molecule has 2 aliphatic rings. The third-order valence-corrected chi connectivity index (χ3v) is 3.58. The van der Waals surface area contributed by atoms with E-state index in [1.165, 1.54) is 5.57 Å². The summed E-state index contributed by atoms with van der Waals surface area (Å²) >= 11 is 0. The number of fused-ring (bicyclic) bond motifs is 1. The zero-order chi connectivity index (χ0) is 10.1. The highest BCUT2D eigenvalue weighted by Gasteiger charge is 2.36. The number of hydrogen-bond donors (Lipinski definition) is 2. The Labute approximate surface area is 85.0 Å². The Bertz CT molecular complexity index is 267. The summed E-state index contributed by atoms with van der Waals surface area (Å²) in [4.78, 5) is 0. The van der Waals surface area contributed by atoms with Gasteiger partial charge >= 0.3 is 0 Å². The fourth-order valence-corrected chi connectivity index (χ4v) is 2.68. The van der Waals surface area contributed by atoms with E-state index < -0.39 is 0 Å². The van der Waals surface area contributed by atoms with Crippen molar-refractivity contribution in [3.63, 3.8) is 0 Å². The number of hydrogen-bond acceptors (Lipinski definition) is 2. The van der Waals surface area contributed by atoms with Crippen LogP contribution in [-0.2, 0) is 0 Å². The standard InChI is InChI=1S/C12H18O2/c1-8-5-6-9-3-2-4-11(14)12(9)10(8)7-13/h3,5-6,8,10-14H,2,4,7H2,1H3. The van der Waals surface area contributed by atoms with Crippen LogP contribution in [0.2, 0.25) is 0 Å². The molecule has 0 amide bonds. The first-order valence-electron chi connectivity index (χ1n) is 5.41. The average Bonchev–Trinajstić information content (AvgIpc) is 2.19. The van der Waals surface area contributed by atoms with Crippen LogP contribution in [0.5, 0.6) is 0 Å². The number of aliphatic hydroxyl groups excluding tert-OH is 2. The molecule has 0 aromatic heterocycles. The SMILES string of the molecule is CC1C=CC2=CCCC(O)C2C1CO. The van der Waals surface area contributed by atoms with Gasteiger partial charge in [0.2, 0.25) is 0 Å². The van der Waals surface area contributed by atoms with Crippen molar-refractivity contribution in [2.24, 2.45) is 17.8 Å². The van der Waals surface area contributed by atoms with E-state index >= 15 is 0 Å². The molecule has 0 bridgehead atoms. The molecule has 0 fully saturated rings. The molecule has 14 heavy (non-hydrogen) atoms. The zero-order valence-corrected chi connectivity index (χ0v) is 8.56. The summed E-state index contributed by atoms with van der Waals surface area (Å²) in [5, 5.41) is 19.3. The smallest absolute Gasteiger partial charge is 0.0615 e. The van der Waals surface area contributed by atoms with E-state index in [2.05, 4.69) is 25.2 Å². The van der Waals surface area contributed by atoms with Gasteiger partial charge in [-0.2, -0.15) is 0 Å². The molecule has 0 spiro atoms. The van der Waals surface area contributed by atoms with Crippen LogP contribution in [0, 0.1) is 17.8 Å². The Hall–Kier alpha value is -0.600. The Balaban J connectivity index is 2.31. The molecule has 0 heterocycles. The zero-order valence-electron chi connectivity index (χ0n) is 8.56. The van der Waals surface area contributed by atoms with Crippen molar-refractivity contribution in [2.75, 3.05) is 6.61 Å². The molecule has 2 nitrogen and oxygen atoms in total. The minimum Gasteiger partial charge on any atom is -0.396 e. The minimum atomic E-state index is -0.264. The molecule has 4 unspecified atom stereocenters. The first-order valence-corrected chi connectivity index (χ1v) is 5.41. The van der Waals surface area contributed by atoms with E-state index in [0.29, 0.717) is 5.92 Å². The van der Waals surface area contributed by atoms with Gasteiger partial charge in [0.15, 0.2) is 0 Å². The lowest BCUT2D eigenvalue weighted by Gasteiger charge is -2.39. The van der Waals surface area contributed by atoms with E-state index in [1.54, 1.807) is 0 Å². The van der Waals surface area contributed by atoms with Crippen molar-refractivity contribution < 1.29 is 10.2 Å². The topological polar surface area (TPSA) is 40.5 Å². The van der Waals surface area contributed by atoms with E-state index in [0.717, 1.165) is 12.8 Å². The van der Waals surface area contributed by atoms with E-state index in [4.69, 9.17) is 0 Å². The van der Waals surface area contributed by atoms with Crippen LogP contribution in [0.25, 0.3) is 0 Å². The molecule has 2 N–H and O–H groups in total. The summed E-state index contributed by atoms with van der Waals surface area (Å²) in [5.41, 5.74) is 1.22. The second-order valence-corrected chi connectivity index (χ2v) is 4.44. The Morgan fingerprint density at radius 3 is 3.00 bits per heavy atom. The van der Waals surface area contributed by atoms with Gasteiger partial charge in [-0.05, 0) is 30.3 Å². The molecule has 2 heteroatoms. The van der Waals surface area contributed by atoms with Crippen molar-refractivity contribution >= 4 is 0 Å². The molecular formula is C12H18O2. The molecule has 78 valence electrons. The summed E-state index contributed by atoms with van der Waals surface area (Å²) in [6, 6.07) is 0.